The van der Waals surface area contributed by atoms with Crippen molar-refractivity contribution in [2.24, 2.45) is 7.05 Å². The zero-order valence-electron chi connectivity index (χ0n) is 15.6. The highest BCUT2D eigenvalue weighted by molar-refractivity contribution is 8.00. The number of carbonyl (C=O) groups is 1. The van der Waals surface area contributed by atoms with Crippen molar-refractivity contribution in [3.63, 3.8) is 0 Å². The van der Waals surface area contributed by atoms with Gasteiger partial charge in [0.05, 0.1) is 21.8 Å². The number of hydrogen-bond donors (Lipinski definition) is 3. The Morgan fingerprint density at radius 3 is 2.72 bits per heavy atom. The molecule has 1 atom stereocenters. The summed E-state index contributed by atoms with van der Waals surface area (Å²) in [6.07, 6.45) is 0. The molecule has 2 heterocycles. The van der Waals surface area contributed by atoms with Crippen LogP contribution in [-0.2, 0) is 11.8 Å². The lowest BCUT2D eigenvalue weighted by molar-refractivity contribution is -0.115. The zero-order chi connectivity index (χ0) is 20.5. The van der Waals surface area contributed by atoms with Crippen LogP contribution in [0.15, 0.2) is 52.4 Å². The van der Waals surface area contributed by atoms with Gasteiger partial charge in [-0.05, 0) is 37.3 Å². The van der Waals surface area contributed by atoms with E-state index in [2.05, 4.69) is 25.5 Å². The first-order valence-corrected chi connectivity index (χ1v) is 9.64. The molecular formula is C19H17FN6O2S. The lowest BCUT2D eigenvalue weighted by Gasteiger charge is -2.12. The van der Waals surface area contributed by atoms with Gasteiger partial charge >= 0.3 is 5.69 Å². The molecule has 10 heteroatoms. The molecule has 0 fully saturated rings. The quantitative estimate of drug-likeness (QED) is 0.437. The molecule has 0 aliphatic heterocycles. The number of aromatic amines is 2. The van der Waals surface area contributed by atoms with E-state index in [1.807, 2.05) is 0 Å². The number of imidazole rings is 1. The summed E-state index contributed by atoms with van der Waals surface area (Å²) in [5, 5.41) is 11.0. The minimum absolute atomic E-state index is 0.234. The van der Waals surface area contributed by atoms with Crippen LogP contribution in [0.1, 0.15) is 6.92 Å². The average molecular weight is 412 g/mol. The molecule has 3 N–H and O–H groups in total. The molecule has 0 spiro atoms. The number of benzene rings is 2. The smallest absolute Gasteiger partial charge is 0.323 e. The van der Waals surface area contributed by atoms with Crippen molar-refractivity contribution in [3.05, 3.63) is 58.8 Å². The summed E-state index contributed by atoms with van der Waals surface area (Å²) < 4.78 is 15.7. The first kappa shape index (κ1) is 18.9. The van der Waals surface area contributed by atoms with Gasteiger partial charge in [-0.1, -0.05) is 23.9 Å². The van der Waals surface area contributed by atoms with Crippen LogP contribution >= 0.6 is 11.8 Å². The van der Waals surface area contributed by atoms with E-state index in [1.54, 1.807) is 54.9 Å². The number of nitrogens with zero attached hydrogens (tertiary/aromatic N) is 3. The van der Waals surface area contributed by atoms with Crippen LogP contribution in [0, 0.1) is 5.82 Å². The Labute approximate surface area is 168 Å². The van der Waals surface area contributed by atoms with E-state index < -0.39 is 5.25 Å². The Kier molecular flexibility index (Phi) is 4.93. The molecule has 0 aliphatic carbocycles. The van der Waals surface area contributed by atoms with Crippen LogP contribution in [0.5, 0.6) is 0 Å². The fourth-order valence-electron chi connectivity index (χ4n) is 2.86. The molecule has 148 valence electrons. The molecule has 0 unspecified atom stereocenters. The standard InChI is InChI=1S/C19H17FN6O2S/c1-10(17(27)21-11-7-8-14-15(9-11)23-18(28)22-14)29-19-25-24-16(26(19)2)12-5-3-4-6-13(12)20/h3-10H,1-2H3,(H,21,27)(H2,22,23,28)/t10-/m1/s1. The Morgan fingerprint density at radius 2 is 1.93 bits per heavy atom. The highest BCUT2D eigenvalue weighted by atomic mass is 32.2. The number of halogens is 1. The molecule has 4 rings (SSSR count). The first-order chi connectivity index (χ1) is 13.9. The van der Waals surface area contributed by atoms with Gasteiger partial charge in [-0.2, -0.15) is 0 Å². The van der Waals surface area contributed by atoms with Crippen LogP contribution in [0.2, 0.25) is 0 Å². The van der Waals surface area contributed by atoms with E-state index in [-0.39, 0.29) is 17.4 Å². The second-order valence-electron chi connectivity index (χ2n) is 6.43. The predicted octanol–water partition coefficient (Wildman–Crippen LogP) is 2.91. The van der Waals surface area contributed by atoms with Gasteiger partial charge in [0.2, 0.25) is 5.91 Å². The summed E-state index contributed by atoms with van der Waals surface area (Å²) in [6.45, 7) is 1.74. The fourth-order valence-corrected chi connectivity index (χ4v) is 3.68. The minimum Gasteiger partial charge on any atom is -0.325 e. The van der Waals surface area contributed by atoms with Crippen molar-refractivity contribution in [1.82, 2.24) is 24.7 Å². The SMILES string of the molecule is C[C@@H](Sc1nnc(-c2ccccc2F)n1C)C(=O)Nc1ccc2[nH]c(=O)[nH]c2c1. The maximum atomic E-state index is 14.0. The van der Waals surface area contributed by atoms with E-state index in [4.69, 9.17) is 0 Å². The summed E-state index contributed by atoms with van der Waals surface area (Å²) >= 11 is 1.22. The van der Waals surface area contributed by atoms with E-state index in [9.17, 15) is 14.0 Å². The van der Waals surface area contributed by atoms with Crippen molar-refractivity contribution in [3.8, 4) is 11.4 Å². The molecule has 2 aromatic heterocycles. The van der Waals surface area contributed by atoms with E-state index in [0.29, 0.717) is 33.3 Å². The number of thioether (sulfide) groups is 1. The van der Waals surface area contributed by atoms with Gasteiger partial charge in [0, 0.05) is 12.7 Å². The zero-order valence-corrected chi connectivity index (χ0v) is 16.4. The number of H-pyrrole nitrogens is 2. The van der Waals surface area contributed by atoms with E-state index in [0.717, 1.165) is 0 Å². The van der Waals surface area contributed by atoms with Gasteiger partial charge < -0.3 is 19.9 Å². The van der Waals surface area contributed by atoms with Gasteiger partial charge in [0.25, 0.3) is 0 Å². The maximum absolute atomic E-state index is 14.0. The van der Waals surface area contributed by atoms with E-state index in [1.165, 1.54) is 17.8 Å². The lowest BCUT2D eigenvalue weighted by Crippen LogP contribution is -2.22. The first-order valence-electron chi connectivity index (χ1n) is 8.76. The highest BCUT2D eigenvalue weighted by Crippen LogP contribution is 2.27. The number of carbonyl (C=O) groups excluding carboxylic acids is 1. The number of rotatable bonds is 5. The molecular weight excluding hydrogens is 395 g/mol. The Morgan fingerprint density at radius 1 is 1.17 bits per heavy atom. The average Bonchev–Trinajstić information content (AvgIpc) is 3.23. The van der Waals surface area contributed by atoms with Crippen LogP contribution in [0.25, 0.3) is 22.4 Å². The third-order valence-electron chi connectivity index (χ3n) is 4.38. The number of fused-ring (bicyclic) bond motifs is 1. The van der Waals surface area contributed by atoms with Crippen LogP contribution in [-0.4, -0.2) is 35.9 Å². The molecule has 29 heavy (non-hydrogen) atoms. The summed E-state index contributed by atoms with van der Waals surface area (Å²) in [5.41, 5.74) is 1.88. The van der Waals surface area contributed by atoms with Gasteiger partial charge in [0.15, 0.2) is 11.0 Å². The van der Waals surface area contributed by atoms with Crippen molar-refractivity contribution in [2.75, 3.05) is 5.32 Å². The van der Waals surface area contributed by atoms with Crippen LogP contribution < -0.4 is 11.0 Å². The molecule has 0 saturated heterocycles. The maximum Gasteiger partial charge on any atom is 0.323 e. The second-order valence-corrected chi connectivity index (χ2v) is 7.74. The molecule has 2 aromatic carbocycles. The summed E-state index contributed by atoms with van der Waals surface area (Å²) in [4.78, 5) is 29.2. The number of hydrogen-bond acceptors (Lipinski definition) is 5. The predicted molar refractivity (Wildman–Crippen MR) is 109 cm³/mol. The van der Waals surface area contributed by atoms with Crippen molar-refractivity contribution < 1.29 is 9.18 Å². The largest absolute Gasteiger partial charge is 0.325 e. The summed E-state index contributed by atoms with van der Waals surface area (Å²) in [7, 11) is 1.73. The van der Waals surface area contributed by atoms with Gasteiger partial charge in [0.1, 0.15) is 5.82 Å². The lowest BCUT2D eigenvalue weighted by atomic mass is 10.2. The topological polar surface area (TPSA) is 108 Å². The van der Waals surface area contributed by atoms with Crippen LogP contribution in [0.4, 0.5) is 10.1 Å². The Hall–Kier alpha value is -3.40. The number of anilines is 1. The monoisotopic (exact) mass is 412 g/mol. The highest BCUT2D eigenvalue weighted by Gasteiger charge is 2.20. The molecule has 0 radical (unpaired) electrons. The molecule has 4 aromatic rings. The Balaban J connectivity index is 1.48. The second kappa shape index (κ2) is 7.55. The van der Waals surface area contributed by atoms with Crippen molar-refractivity contribution in [2.45, 2.75) is 17.3 Å². The molecule has 0 bridgehead atoms. The fraction of sp³-hybridized carbons (Fsp3) is 0.158. The van der Waals surface area contributed by atoms with Crippen molar-refractivity contribution in [1.29, 1.82) is 0 Å². The molecule has 0 aliphatic rings. The molecule has 0 saturated carbocycles. The van der Waals surface area contributed by atoms with Crippen molar-refractivity contribution >= 4 is 34.4 Å². The van der Waals surface area contributed by atoms with Gasteiger partial charge in [-0.3, -0.25) is 4.79 Å². The van der Waals surface area contributed by atoms with Gasteiger partial charge in [-0.25, -0.2) is 9.18 Å². The summed E-state index contributed by atoms with van der Waals surface area (Å²) in [6, 6.07) is 11.4. The third-order valence-corrected chi connectivity index (χ3v) is 5.52. The number of nitrogens with one attached hydrogen (secondary N) is 3. The third kappa shape index (κ3) is 3.79. The number of amides is 1. The Bertz CT molecular complexity index is 1260. The van der Waals surface area contributed by atoms with E-state index >= 15 is 0 Å². The number of aromatic nitrogens is 5. The molecule has 8 nitrogen and oxygen atoms in total. The normalized spacial score (nSPS) is 12.2. The van der Waals surface area contributed by atoms with Gasteiger partial charge in [-0.15, -0.1) is 10.2 Å². The minimum atomic E-state index is -0.479. The van der Waals surface area contributed by atoms with Crippen LogP contribution in [0.3, 0.4) is 0 Å². The molecule has 1 amide bonds. The summed E-state index contributed by atoms with van der Waals surface area (Å²) in [5.74, 6) is -0.230.